The molecule has 0 bridgehead atoms. The second-order valence-corrected chi connectivity index (χ2v) is 8.18. The maximum absolute atomic E-state index is 13.1. The average Bonchev–Trinajstić information content (AvgIpc) is 2.87. The zero-order valence-corrected chi connectivity index (χ0v) is 19.2. The number of hydrogen-bond acceptors (Lipinski definition) is 8. The van der Waals surface area contributed by atoms with Gasteiger partial charge in [0.05, 0.1) is 12.2 Å². The Balaban J connectivity index is 1.59. The molecule has 12 heteroatoms. The maximum Gasteiger partial charge on any atom is 0.296 e. The van der Waals surface area contributed by atoms with E-state index in [1.165, 1.54) is 54.5 Å². The summed E-state index contributed by atoms with van der Waals surface area (Å²) in [5.41, 5.74) is -0.374. The molecule has 11 nitrogen and oxygen atoms in total. The Bertz CT molecular complexity index is 1300. The molecule has 3 heterocycles. The summed E-state index contributed by atoms with van der Waals surface area (Å²) in [6, 6.07) is 5.03. The van der Waals surface area contributed by atoms with Gasteiger partial charge in [0.2, 0.25) is 5.75 Å². The van der Waals surface area contributed by atoms with Gasteiger partial charge in [0.1, 0.15) is 17.3 Å². The van der Waals surface area contributed by atoms with Crippen molar-refractivity contribution in [3.8, 4) is 5.75 Å². The lowest BCUT2D eigenvalue weighted by Crippen LogP contribution is -2.50. The van der Waals surface area contributed by atoms with Gasteiger partial charge < -0.3 is 15.3 Å². The fourth-order valence-electron chi connectivity index (χ4n) is 3.84. The molecule has 0 saturated carbocycles. The summed E-state index contributed by atoms with van der Waals surface area (Å²) < 4.78 is 14.3. The van der Waals surface area contributed by atoms with E-state index in [0.29, 0.717) is 18.7 Å². The van der Waals surface area contributed by atoms with Gasteiger partial charge in [-0.1, -0.05) is 12.1 Å². The zero-order chi connectivity index (χ0) is 25.1. The Morgan fingerprint density at radius 1 is 1.17 bits per heavy atom. The molecule has 3 aromatic rings. The SMILES string of the molecule is CN1CCN(C(=O)c2cnccn2)CC1c1nc(C(=O)NCc2ccc(F)cc2)c(O)c(=O)n1C. The van der Waals surface area contributed by atoms with E-state index in [2.05, 4.69) is 20.3 Å². The van der Waals surface area contributed by atoms with Gasteiger partial charge in [-0.3, -0.25) is 28.8 Å². The van der Waals surface area contributed by atoms with Gasteiger partial charge in [0, 0.05) is 45.6 Å². The van der Waals surface area contributed by atoms with Crippen molar-refractivity contribution < 1.29 is 19.1 Å². The van der Waals surface area contributed by atoms with Gasteiger partial charge in [-0.05, 0) is 24.7 Å². The first-order valence-corrected chi connectivity index (χ1v) is 10.8. The third kappa shape index (κ3) is 5.01. The minimum absolute atomic E-state index is 0.0501. The number of rotatable bonds is 5. The van der Waals surface area contributed by atoms with E-state index in [-0.39, 0.29) is 30.5 Å². The number of hydrogen-bond donors (Lipinski definition) is 2. The number of amides is 2. The van der Waals surface area contributed by atoms with Crippen LogP contribution in [0.2, 0.25) is 0 Å². The molecular formula is C23H24FN7O4. The van der Waals surface area contributed by atoms with Crippen LogP contribution in [-0.4, -0.2) is 72.9 Å². The summed E-state index contributed by atoms with van der Waals surface area (Å²) in [5.74, 6) is -2.02. The highest BCUT2D eigenvalue weighted by Gasteiger charge is 2.33. The first-order valence-electron chi connectivity index (χ1n) is 10.8. The van der Waals surface area contributed by atoms with Crippen molar-refractivity contribution in [2.24, 2.45) is 7.05 Å². The van der Waals surface area contributed by atoms with Gasteiger partial charge in [-0.15, -0.1) is 0 Å². The molecule has 0 spiro atoms. The number of aromatic nitrogens is 4. The van der Waals surface area contributed by atoms with Gasteiger partial charge in [-0.25, -0.2) is 14.4 Å². The van der Waals surface area contributed by atoms with Crippen LogP contribution in [0.3, 0.4) is 0 Å². The number of carbonyl (C=O) groups excluding carboxylic acids is 2. The third-order valence-electron chi connectivity index (χ3n) is 5.90. The summed E-state index contributed by atoms with van der Waals surface area (Å²) in [6.45, 7) is 1.15. The lowest BCUT2D eigenvalue weighted by Gasteiger charge is -2.39. The van der Waals surface area contributed by atoms with E-state index >= 15 is 0 Å². The molecule has 35 heavy (non-hydrogen) atoms. The first kappa shape index (κ1) is 24.0. The summed E-state index contributed by atoms with van der Waals surface area (Å²) in [7, 11) is 3.27. The second kappa shape index (κ2) is 9.97. The Labute approximate surface area is 199 Å². The van der Waals surface area contributed by atoms with E-state index in [0.717, 1.165) is 0 Å². The number of nitrogens with zero attached hydrogens (tertiary/aromatic N) is 6. The largest absolute Gasteiger partial charge is 0.501 e. The Kier molecular flexibility index (Phi) is 6.82. The molecular weight excluding hydrogens is 457 g/mol. The van der Waals surface area contributed by atoms with Crippen LogP contribution in [0, 0.1) is 5.82 Å². The van der Waals surface area contributed by atoms with Crippen molar-refractivity contribution in [1.82, 2.24) is 34.6 Å². The summed E-state index contributed by atoms with van der Waals surface area (Å²) in [6.07, 6.45) is 4.29. The van der Waals surface area contributed by atoms with Crippen molar-refractivity contribution >= 4 is 11.8 Å². The maximum atomic E-state index is 13.1. The molecule has 2 amide bonds. The van der Waals surface area contributed by atoms with Crippen molar-refractivity contribution in [1.29, 1.82) is 0 Å². The fourth-order valence-corrected chi connectivity index (χ4v) is 3.84. The number of benzene rings is 1. The number of halogens is 1. The summed E-state index contributed by atoms with van der Waals surface area (Å²) in [5, 5.41) is 12.9. The van der Waals surface area contributed by atoms with Gasteiger partial charge in [0.15, 0.2) is 5.69 Å². The van der Waals surface area contributed by atoms with E-state index < -0.39 is 34.8 Å². The molecule has 4 rings (SSSR count). The van der Waals surface area contributed by atoms with Crippen LogP contribution in [0.5, 0.6) is 5.75 Å². The number of piperazine rings is 1. The predicted octanol–water partition coefficient (Wildman–Crippen LogP) is 0.474. The van der Waals surface area contributed by atoms with Crippen LogP contribution in [0.1, 0.15) is 38.4 Å². The molecule has 2 aromatic heterocycles. The summed E-state index contributed by atoms with van der Waals surface area (Å²) in [4.78, 5) is 54.3. The number of aromatic hydroxyl groups is 1. The minimum Gasteiger partial charge on any atom is -0.501 e. The second-order valence-electron chi connectivity index (χ2n) is 8.18. The van der Waals surface area contributed by atoms with Crippen LogP contribution in [0.15, 0.2) is 47.7 Å². The number of likely N-dealkylation sites (N-methyl/N-ethyl adjacent to an activating group) is 1. The van der Waals surface area contributed by atoms with Crippen LogP contribution < -0.4 is 10.9 Å². The van der Waals surface area contributed by atoms with Crippen molar-refractivity contribution in [2.45, 2.75) is 12.6 Å². The molecule has 1 aliphatic heterocycles. The fraction of sp³-hybridized carbons (Fsp3) is 0.304. The van der Waals surface area contributed by atoms with Crippen LogP contribution >= 0.6 is 0 Å². The molecule has 1 aliphatic rings. The average molecular weight is 481 g/mol. The zero-order valence-electron chi connectivity index (χ0n) is 19.2. The first-order chi connectivity index (χ1) is 16.8. The Morgan fingerprint density at radius 2 is 1.91 bits per heavy atom. The van der Waals surface area contributed by atoms with Crippen LogP contribution in [0.25, 0.3) is 0 Å². The smallest absolute Gasteiger partial charge is 0.296 e. The normalized spacial score (nSPS) is 16.2. The molecule has 182 valence electrons. The van der Waals surface area contributed by atoms with E-state index in [9.17, 15) is 23.9 Å². The molecule has 1 saturated heterocycles. The van der Waals surface area contributed by atoms with Crippen molar-refractivity contribution in [2.75, 3.05) is 26.7 Å². The Hall–Kier alpha value is -4.19. The number of nitrogens with one attached hydrogen (secondary N) is 1. The Morgan fingerprint density at radius 3 is 2.60 bits per heavy atom. The topological polar surface area (TPSA) is 134 Å². The highest BCUT2D eigenvalue weighted by atomic mass is 19.1. The highest BCUT2D eigenvalue weighted by Crippen LogP contribution is 2.24. The quantitative estimate of drug-likeness (QED) is 0.537. The van der Waals surface area contributed by atoms with Gasteiger partial charge in [-0.2, -0.15) is 0 Å². The minimum atomic E-state index is -0.785. The number of carbonyl (C=O) groups is 2. The predicted molar refractivity (Wildman–Crippen MR) is 122 cm³/mol. The lowest BCUT2D eigenvalue weighted by atomic mass is 10.1. The highest BCUT2D eigenvalue weighted by molar-refractivity contribution is 5.94. The van der Waals surface area contributed by atoms with Gasteiger partial charge >= 0.3 is 0 Å². The van der Waals surface area contributed by atoms with E-state index in [1.54, 1.807) is 4.90 Å². The standard InChI is InChI=1S/C23H24FN7O4/c1-29-9-10-31(22(34)16-12-25-7-8-26-16)13-17(29)20-28-18(19(32)23(35)30(20)2)21(33)27-11-14-3-5-15(24)6-4-14/h3-8,12,17,32H,9-11,13H2,1-2H3,(H,27,33). The molecule has 0 radical (unpaired) electrons. The molecule has 0 aliphatic carbocycles. The molecule has 1 aromatic carbocycles. The van der Waals surface area contributed by atoms with Crippen molar-refractivity contribution in [3.05, 3.63) is 81.8 Å². The third-order valence-corrected chi connectivity index (χ3v) is 5.90. The lowest BCUT2D eigenvalue weighted by molar-refractivity contribution is 0.0518. The van der Waals surface area contributed by atoms with Crippen molar-refractivity contribution in [3.63, 3.8) is 0 Å². The van der Waals surface area contributed by atoms with Crippen LogP contribution in [0.4, 0.5) is 4.39 Å². The van der Waals surface area contributed by atoms with Crippen LogP contribution in [-0.2, 0) is 13.6 Å². The molecule has 1 fully saturated rings. The molecule has 1 unspecified atom stereocenters. The molecule has 2 N–H and O–H groups in total. The van der Waals surface area contributed by atoms with E-state index in [1.807, 2.05) is 11.9 Å². The molecule has 1 atom stereocenters. The summed E-state index contributed by atoms with van der Waals surface area (Å²) >= 11 is 0. The monoisotopic (exact) mass is 481 g/mol. The van der Waals surface area contributed by atoms with Gasteiger partial charge in [0.25, 0.3) is 17.4 Å². The van der Waals surface area contributed by atoms with E-state index in [4.69, 9.17) is 0 Å².